The Morgan fingerprint density at radius 3 is 2.09 bits per heavy atom. The first kappa shape index (κ1) is 24.6. The van der Waals surface area contributed by atoms with Gasteiger partial charge in [0.15, 0.2) is 0 Å². The minimum atomic E-state index is -0.360. The number of carbonyl (C=O) groups is 2. The van der Waals surface area contributed by atoms with Crippen molar-refractivity contribution in [1.29, 1.82) is 0 Å². The summed E-state index contributed by atoms with van der Waals surface area (Å²) in [5.74, 6) is 1.16. The Morgan fingerprint density at radius 2 is 1.52 bits per heavy atom. The first-order valence-electron chi connectivity index (χ1n) is 11.4. The summed E-state index contributed by atoms with van der Waals surface area (Å²) in [6.07, 6.45) is 0.545. The van der Waals surface area contributed by atoms with Crippen LogP contribution in [-0.4, -0.2) is 61.6 Å². The number of ether oxygens (including phenoxy) is 2. The second-order valence-corrected chi connectivity index (χ2v) is 9.57. The third kappa shape index (κ3) is 7.79. The van der Waals surface area contributed by atoms with E-state index >= 15 is 0 Å². The number of nitrogens with zero attached hydrogens (tertiary/aromatic N) is 2. The van der Waals surface area contributed by atoms with E-state index < -0.39 is 0 Å². The van der Waals surface area contributed by atoms with Crippen LogP contribution in [0, 0.1) is 5.41 Å². The molecule has 33 heavy (non-hydrogen) atoms. The van der Waals surface area contributed by atoms with Gasteiger partial charge in [-0.2, -0.15) is 0 Å². The third-order valence-electron chi connectivity index (χ3n) is 5.68. The van der Waals surface area contributed by atoms with Crippen molar-refractivity contribution in [2.24, 2.45) is 5.41 Å². The predicted octanol–water partition coefficient (Wildman–Crippen LogP) is 4.18. The SMILES string of the molecule is COc1ccc(CN2CCN(C(=O)Oc3ccc(C(=O)NCCC(C)(C)C)cc3)CC2)cc1. The Labute approximate surface area is 196 Å². The molecule has 1 N–H and O–H groups in total. The summed E-state index contributed by atoms with van der Waals surface area (Å²) in [6.45, 7) is 10.7. The Morgan fingerprint density at radius 1 is 0.909 bits per heavy atom. The van der Waals surface area contributed by atoms with E-state index in [2.05, 4.69) is 43.1 Å². The number of benzene rings is 2. The fourth-order valence-electron chi connectivity index (χ4n) is 3.57. The highest BCUT2D eigenvalue weighted by molar-refractivity contribution is 5.94. The number of piperazine rings is 1. The number of rotatable bonds is 7. The van der Waals surface area contributed by atoms with Crippen molar-refractivity contribution in [1.82, 2.24) is 15.1 Å². The van der Waals surface area contributed by atoms with Gasteiger partial charge in [0.2, 0.25) is 0 Å². The van der Waals surface area contributed by atoms with Crippen molar-refractivity contribution in [3.8, 4) is 11.5 Å². The van der Waals surface area contributed by atoms with Crippen LogP contribution in [0.1, 0.15) is 43.1 Å². The van der Waals surface area contributed by atoms with E-state index in [0.29, 0.717) is 30.9 Å². The lowest BCUT2D eigenvalue weighted by atomic mass is 9.92. The lowest BCUT2D eigenvalue weighted by Gasteiger charge is -2.34. The number of hydrogen-bond donors (Lipinski definition) is 1. The van der Waals surface area contributed by atoms with Crippen LogP contribution in [0.3, 0.4) is 0 Å². The summed E-state index contributed by atoms with van der Waals surface area (Å²) in [7, 11) is 1.66. The van der Waals surface area contributed by atoms with Gasteiger partial charge in [0.1, 0.15) is 11.5 Å². The quantitative estimate of drug-likeness (QED) is 0.681. The molecule has 0 spiro atoms. The molecule has 2 amide bonds. The van der Waals surface area contributed by atoms with E-state index in [1.807, 2.05) is 12.1 Å². The van der Waals surface area contributed by atoms with Gasteiger partial charge in [0.05, 0.1) is 7.11 Å². The molecule has 7 heteroatoms. The molecule has 0 unspecified atom stereocenters. The van der Waals surface area contributed by atoms with Crippen molar-refractivity contribution in [2.75, 3.05) is 39.8 Å². The lowest BCUT2D eigenvalue weighted by molar-refractivity contribution is 0.0949. The number of carbonyl (C=O) groups excluding carboxylic acids is 2. The summed E-state index contributed by atoms with van der Waals surface area (Å²) >= 11 is 0. The van der Waals surface area contributed by atoms with Crippen LogP contribution in [0.25, 0.3) is 0 Å². The Kier molecular flexibility index (Phi) is 8.33. The third-order valence-corrected chi connectivity index (χ3v) is 5.68. The van der Waals surface area contributed by atoms with E-state index in [1.54, 1.807) is 36.3 Å². The molecular weight excluding hydrogens is 418 g/mol. The number of hydrogen-bond acceptors (Lipinski definition) is 5. The summed E-state index contributed by atoms with van der Waals surface area (Å²) in [4.78, 5) is 28.9. The van der Waals surface area contributed by atoms with Crippen LogP contribution in [-0.2, 0) is 6.54 Å². The molecule has 7 nitrogen and oxygen atoms in total. The van der Waals surface area contributed by atoms with Crippen LogP contribution in [0.15, 0.2) is 48.5 Å². The first-order chi connectivity index (χ1) is 15.7. The van der Waals surface area contributed by atoms with Crippen LogP contribution in [0.5, 0.6) is 11.5 Å². The van der Waals surface area contributed by atoms with E-state index in [4.69, 9.17) is 9.47 Å². The summed E-state index contributed by atoms with van der Waals surface area (Å²) < 4.78 is 10.7. The van der Waals surface area contributed by atoms with Gasteiger partial charge >= 0.3 is 6.09 Å². The number of amides is 2. The van der Waals surface area contributed by atoms with Gasteiger partial charge in [-0.1, -0.05) is 32.9 Å². The average molecular weight is 454 g/mol. The second kappa shape index (κ2) is 11.2. The van der Waals surface area contributed by atoms with Crippen molar-refractivity contribution >= 4 is 12.0 Å². The Bertz CT molecular complexity index is 912. The van der Waals surface area contributed by atoms with Crippen LogP contribution < -0.4 is 14.8 Å². The fourth-order valence-corrected chi connectivity index (χ4v) is 3.57. The van der Waals surface area contributed by atoms with E-state index in [9.17, 15) is 9.59 Å². The molecule has 0 saturated carbocycles. The second-order valence-electron chi connectivity index (χ2n) is 9.57. The van der Waals surface area contributed by atoms with Gasteiger partial charge in [-0.25, -0.2) is 4.79 Å². The maximum absolute atomic E-state index is 12.5. The normalized spacial score (nSPS) is 14.6. The van der Waals surface area contributed by atoms with E-state index in [1.165, 1.54) is 5.56 Å². The standard InChI is InChI=1S/C26H35N3O4/c1-26(2,3)13-14-27-24(30)21-7-11-23(12-8-21)33-25(31)29-17-15-28(16-18-29)19-20-5-9-22(32-4)10-6-20/h5-12H,13-19H2,1-4H3,(H,27,30). The van der Waals surface area contributed by atoms with Gasteiger partial charge in [-0.3, -0.25) is 9.69 Å². The highest BCUT2D eigenvalue weighted by atomic mass is 16.6. The topological polar surface area (TPSA) is 71.1 Å². The van der Waals surface area contributed by atoms with E-state index in [-0.39, 0.29) is 17.4 Å². The molecule has 1 aliphatic heterocycles. The molecule has 1 fully saturated rings. The molecule has 2 aromatic rings. The largest absolute Gasteiger partial charge is 0.497 e. The lowest BCUT2D eigenvalue weighted by Crippen LogP contribution is -2.49. The van der Waals surface area contributed by atoms with Gasteiger partial charge in [-0.15, -0.1) is 0 Å². The molecular formula is C26H35N3O4. The Balaban J connectivity index is 1.42. The van der Waals surface area contributed by atoms with Crippen LogP contribution in [0.4, 0.5) is 4.79 Å². The minimum absolute atomic E-state index is 0.120. The molecule has 3 rings (SSSR count). The molecule has 0 atom stereocenters. The molecule has 0 bridgehead atoms. The predicted molar refractivity (Wildman–Crippen MR) is 129 cm³/mol. The molecule has 2 aromatic carbocycles. The Hall–Kier alpha value is -3.06. The van der Waals surface area contributed by atoms with Gasteiger partial charge < -0.3 is 19.7 Å². The maximum Gasteiger partial charge on any atom is 0.415 e. The van der Waals surface area contributed by atoms with Crippen molar-refractivity contribution in [2.45, 2.75) is 33.7 Å². The first-order valence-corrected chi connectivity index (χ1v) is 11.4. The zero-order valence-electron chi connectivity index (χ0n) is 20.1. The van der Waals surface area contributed by atoms with Crippen molar-refractivity contribution in [3.63, 3.8) is 0 Å². The molecule has 0 aromatic heterocycles. The minimum Gasteiger partial charge on any atom is -0.497 e. The smallest absolute Gasteiger partial charge is 0.415 e. The molecule has 1 aliphatic rings. The van der Waals surface area contributed by atoms with Gasteiger partial charge in [0, 0.05) is 44.8 Å². The molecule has 0 aliphatic carbocycles. The number of methoxy groups -OCH3 is 1. The monoisotopic (exact) mass is 453 g/mol. The molecule has 1 saturated heterocycles. The highest BCUT2D eigenvalue weighted by Crippen LogP contribution is 2.18. The summed E-state index contributed by atoms with van der Waals surface area (Å²) in [5, 5.41) is 2.93. The summed E-state index contributed by atoms with van der Waals surface area (Å²) in [5.41, 5.74) is 1.94. The number of nitrogens with one attached hydrogen (secondary N) is 1. The zero-order valence-corrected chi connectivity index (χ0v) is 20.1. The zero-order chi connectivity index (χ0) is 23.8. The van der Waals surface area contributed by atoms with Crippen molar-refractivity contribution in [3.05, 3.63) is 59.7 Å². The summed E-state index contributed by atoms with van der Waals surface area (Å²) in [6, 6.07) is 14.7. The van der Waals surface area contributed by atoms with E-state index in [0.717, 1.165) is 31.8 Å². The molecule has 178 valence electrons. The van der Waals surface area contributed by atoms with Crippen molar-refractivity contribution < 1.29 is 19.1 Å². The maximum atomic E-state index is 12.5. The molecule has 0 radical (unpaired) electrons. The average Bonchev–Trinajstić information content (AvgIpc) is 2.79. The molecule has 1 heterocycles. The van der Waals surface area contributed by atoms with Gasteiger partial charge in [0.25, 0.3) is 5.91 Å². The fraction of sp³-hybridized carbons (Fsp3) is 0.462. The van der Waals surface area contributed by atoms with Gasteiger partial charge in [-0.05, 0) is 53.8 Å². The van der Waals surface area contributed by atoms with Crippen LogP contribution in [0.2, 0.25) is 0 Å². The highest BCUT2D eigenvalue weighted by Gasteiger charge is 2.23. The van der Waals surface area contributed by atoms with Crippen LogP contribution >= 0.6 is 0 Å².